The number of fused-ring (bicyclic) bond motifs is 1. The van der Waals surface area contributed by atoms with Crippen LogP contribution in [0.5, 0.6) is 0 Å². The predicted octanol–water partition coefficient (Wildman–Crippen LogP) is 2.21. The van der Waals surface area contributed by atoms with E-state index in [0.29, 0.717) is 12.1 Å². The van der Waals surface area contributed by atoms with Crippen LogP contribution < -0.4 is 5.32 Å². The van der Waals surface area contributed by atoms with E-state index in [2.05, 4.69) is 34.3 Å². The maximum absolute atomic E-state index is 12.6. The molecule has 1 amide bonds. The number of para-hydroxylation sites is 1. The minimum Gasteiger partial charge on any atom is -0.360 e. The molecule has 2 N–H and O–H groups in total. The third kappa shape index (κ3) is 2.86. The molecule has 6 heteroatoms. The number of nitrogens with zero attached hydrogens (tertiary/aromatic N) is 3. The zero-order chi connectivity index (χ0) is 15.5. The Morgan fingerprint density at radius 3 is 2.73 bits per heavy atom. The van der Waals surface area contributed by atoms with Crippen LogP contribution in [-0.4, -0.2) is 31.9 Å². The van der Waals surface area contributed by atoms with Crippen molar-refractivity contribution in [3.8, 4) is 0 Å². The van der Waals surface area contributed by atoms with E-state index in [4.69, 9.17) is 0 Å². The zero-order valence-corrected chi connectivity index (χ0v) is 12.7. The Balaban J connectivity index is 1.79. The van der Waals surface area contributed by atoms with Gasteiger partial charge in [0.2, 0.25) is 0 Å². The minimum absolute atomic E-state index is 0.0337. The van der Waals surface area contributed by atoms with Crippen LogP contribution in [0.4, 0.5) is 0 Å². The minimum atomic E-state index is -0.0803. The first kappa shape index (κ1) is 14.3. The third-order valence-electron chi connectivity index (χ3n) is 3.78. The van der Waals surface area contributed by atoms with Crippen molar-refractivity contribution in [3.63, 3.8) is 0 Å². The molecule has 0 saturated carbocycles. The summed E-state index contributed by atoms with van der Waals surface area (Å²) in [6.07, 6.45) is 5.03. The SMILES string of the molecule is CC(C)[C@@H](Cn1nccn1)NC(=O)c1c[nH]c2ccccc12. The number of hydrogen-bond acceptors (Lipinski definition) is 3. The number of H-pyrrole nitrogens is 1. The van der Waals surface area contributed by atoms with Crippen molar-refractivity contribution >= 4 is 16.8 Å². The van der Waals surface area contributed by atoms with Crippen LogP contribution in [0.25, 0.3) is 10.9 Å². The number of carbonyl (C=O) groups excluding carboxylic acids is 1. The molecule has 0 unspecified atom stereocenters. The van der Waals surface area contributed by atoms with Gasteiger partial charge in [-0.1, -0.05) is 32.0 Å². The Labute approximate surface area is 128 Å². The maximum atomic E-state index is 12.6. The molecule has 22 heavy (non-hydrogen) atoms. The maximum Gasteiger partial charge on any atom is 0.253 e. The third-order valence-corrected chi connectivity index (χ3v) is 3.78. The fraction of sp³-hybridized carbons (Fsp3) is 0.312. The molecule has 0 radical (unpaired) electrons. The van der Waals surface area contributed by atoms with E-state index in [1.807, 2.05) is 24.3 Å². The molecule has 3 aromatic rings. The van der Waals surface area contributed by atoms with E-state index in [1.165, 1.54) is 0 Å². The van der Waals surface area contributed by atoms with Crippen LogP contribution in [0, 0.1) is 5.92 Å². The topological polar surface area (TPSA) is 75.6 Å². The van der Waals surface area contributed by atoms with Crippen LogP contribution >= 0.6 is 0 Å². The average molecular weight is 297 g/mol. The van der Waals surface area contributed by atoms with Gasteiger partial charge in [-0.3, -0.25) is 4.79 Å². The fourth-order valence-electron chi connectivity index (χ4n) is 2.44. The number of carbonyl (C=O) groups is 1. The van der Waals surface area contributed by atoms with Gasteiger partial charge < -0.3 is 10.3 Å². The second-order valence-corrected chi connectivity index (χ2v) is 5.66. The Kier molecular flexibility index (Phi) is 3.91. The van der Waals surface area contributed by atoms with Gasteiger partial charge in [-0.15, -0.1) is 0 Å². The molecule has 0 aliphatic rings. The van der Waals surface area contributed by atoms with Gasteiger partial charge in [0.1, 0.15) is 0 Å². The molecule has 0 spiro atoms. The van der Waals surface area contributed by atoms with Crippen molar-refractivity contribution in [2.24, 2.45) is 5.92 Å². The number of nitrogens with one attached hydrogen (secondary N) is 2. The van der Waals surface area contributed by atoms with Gasteiger partial charge >= 0.3 is 0 Å². The van der Waals surface area contributed by atoms with Gasteiger partial charge in [-0.25, -0.2) is 0 Å². The van der Waals surface area contributed by atoms with Crippen LogP contribution in [0.2, 0.25) is 0 Å². The predicted molar refractivity (Wildman–Crippen MR) is 84.4 cm³/mol. The second kappa shape index (κ2) is 6.01. The normalized spacial score (nSPS) is 12.7. The summed E-state index contributed by atoms with van der Waals surface area (Å²) in [6.45, 7) is 4.70. The van der Waals surface area contributed by atoms with Crippen LogP contribution in [-0.2, 0) is 6.54 Å². The Hall–Kier alpha value is -2.63. The summed E-state index contributed by atoms with van der Waals surface area (Å²) in [5.74, 6) is 0.198. The number of amides is 1. The largest absolute Gasteiger partial charge is 0.360 e. The highest BCUT2D eigenvalue weighted by molar-refractivity contribution is 6.06. The standard InChI is InChI=1S/C16H19N5O/c1-11(2)15(10-21-18-7-8-19-21)20-16(22)13-9-17-14-6-4-3-5-12(13)14/h3-9,11,15,17H,10H2,1-2H3,(H,20,22)/t15-/m1/s1. The molecular formula is C16H19N5O. The molecule has 3 rings (SSSR count). The Morgan fingerprint density at radius 1 is 1.27 bits per heavy atom. The molecule has 2 heterocycles. The van der Waals surface area contributed by atoms with Crippen molar-refractivity contribution in [1.82, 2.24) is 25.3 Å². The quantitative estimate of drug-likeness (QED) is 0.758. The highest BCUT2D eigenvalue weighted by Gasteiger charge is 2.20. The van der Waals surface area contributed by atoms with Crippen LogP contribution in [0.3, 0.4) is 0 Å². The summed E-state index contributed by atoms with van der Waals surface area (Å²) in [6, 6.07) is 7.75. The fourth-order valence-corrected chi connectivity index (χ4v) is 2.44. The number of benzene rings is 1. The molecule has 0 aliphatic heterocycles. The molecule has 2 aromatic heterocycles. The zero-order valence-electron chi connectivity index (χ0n) is 12.7. The summed E-state index contributed by atoms with van der Waals surface area (Å²) in [7, 11) is 0. The van der Waals surface area contributed by atoms with Gasteiger partial charge in [0.25, 0.3) is 5.91 Å². The van der Waals surface area contributed by atoms with E-state index in [-0.39, 0.29) is 17.9 Å². The molecule has 0 fully saturated rings. The van der Waals surface area contributed by atoms with Crippen LogP contribution in [0.1, 0.15) is 24.2 Å². The van der Waals surface area contributed by atoms with Crippen molar-refractivity contribution in [2.45, 2.75) is 26.4 Å². The van der Waals surface area contributed by atoms with Crippen molar-refractivity contribution in [2.75, 3.05) is 0 Å². The summed E-state index contributed by atoms with van der Waals surface area (Å²) < 4.78 is 0. The Morgan fingerprint density at radius 2 is 2.00 bits per heavy atom. The first-order valence-electron chi connectivity index (χ1n) is 7.36. The Bertz CT molecular complexity index is 760. The van der Waals surface area contributed by atoms with Gasteiger partial charge in [0.05, 0.1) is 30.5 Å². The van der Waals surface area contributed by atoms with Crippen molar-refractivity contribution in [1.29, 1.82) is 0 Å². The van der Waals surface area contributed by atoms with E-state index >= 15 is 0 Å². The summed E-state index contributed by atoms with van der Waals surface area (Å²) >= 11 is 0. The van der Waals surface area contributed by atoms with E-state index in [1.54, 1.807) is 23.4 Å². The van der Waals surface area contributed by atoms with Gasteiger partial charge in [-0.2, -0.15) is 15.0 Å². The smallest absolute Gasteiger partial charge is 0.253 e. The molecule has 0 aliphatic carbocycles. The summed E-state index contributed by atoms with van der Waals surface area (Å²) in [4.78, 5) is 17.3. The summed E-state index contributed by atoms with van der Waals surface area (Å²) in [5, 5.41) is 12.2. The van der Waals surface area contributed by atoms with E-state index in [9.17, 15) is 4.79 Å². The lowest BCUT2D eigenvalue weighted by atomic mass is 10.0. The monoisotopic (exact) mass is 297 g/mol. The second-order valence-electron chi connectivity index (χ2n) is 5.66. The number of rotatable bonds is 5. The molecule has 114 valence electrons. The lowest BCUT2D eigenvalue weighted by Gasteiger charge is -2.21. The molecule has 6 nitrogen and oxygen atoms in total. The van der Waals surface area contributed by atoms with E-state index in [0.717, 1.165) is 10.9 Å². The van der Waals surface area contributed by atoms with Gasteiger partial charge in [0.15, 0.2) is 0 Å². The van der Waals surface area contributed by atoms with Gasteiger partial charge in [0, 0.05) is 17.1 Å². The number of hydrogen-bond donors (Lipinski definition) is 2. The summed E-state index contributed by atoms with van der Waals surface area (Å²) in [5.41, 5.74) is 1.62. The van der Waals surface area contributed by atoms with Crippen LogP contribution in [0.15, 0.2) is 42.9 Å². The molecule has 1 atom stereocenters. The first-order chi connectivity index (χ1) is 10.6. The number of aromatic nitrogens is 4. The molecule has 0 saturated heterocycles. The highest BCUT2D eigenvalue weighted by atomic mass is 16.1. The first-order valence-corrected chi connectivity index (χ1v) is 7.36. The lowest BCUT2D eigenvalue weighted by molar-refractivity contribution is 0.0919. The highest BCUT2D eigenvalue weighted by Crippen LogP contribution is 2.18. The van der Waals surface area contributed by atoms with Gasteiger partial charge in [-0.05, 0) is 12.0 Å². The molecule has 0 bridgehead atoms. The van der Waals surface area contributed by atoms with Crippen molar-refractivity contribution in [3.05, 3.63) is 48.4 Å². The van der Waals surface area contributed by atoms with E-state index < -0.39 is 0 Å². The van der Waals surface area contributed by atoms with Crippen molar-refractivity contribution < 1.29 is 4.79 Å². The average Bonchev–Trinajstić information content (AvgIpc) is 3.15. The lowest BCUT2D eigenvalue weighted by Crippen LogP contribution is -2.42. The number of aromatic amines is 1. The molecule has 1 aromatic carbocycles. The molecular weight excluding hydrogens is 278 g/mol.